The molecule has 1 saturated carbocycles. The van der Waals surface area contributed by atoms with E-state index in [1.807, 2.05) is 0 Å². The van der Waals surface area contributed by atoms with Crippen LogP contribution >= 0.6 is 0 Å². The normalized spacial score (nSPS) is 42.0. The largest absolute Gasteiger partial charge is 0.328 e. The Morgan fingerprint density at radius 3 is 2.18 bits per heavy atom. The van der Waals surface area contributed by atoms with E-state index >= 15 is 0 Å². The van der Waals surface area contributed by atoms with E-state index in [4.69, 9.17) is 11.5 Å². The van der Waals surface area contributed by atoms with Crippen LogP contribution in [0.15, 0.2) is 0 Å². The highest BCUT2D eigenvalue weighted by Gasteiger charge is 2.28. The monoisotopic (exact) mass is 156 g/mol. The molecule has 1 atom stereocenters. The molecule has 0 spiro atoms. The molecule has 1 fully saturated rings. The summed E-state index contributed by atoms with van der Waals surface area (Å²) in [6.07, 6.45) is 4.70. The maximum Gasteiger partial charge on any atom is 0.0126 e. The van der Waals surface area contributed by atoms with Gasteiger partial charge in [0.2, 0.25) is 0 Å². The van der Waals surface area contributed by atoms with Crippen molar-refractivity contribution in [3.05, 3.63) is 0 Å². The van der Waals surface area contributed by atoms with Gasteiger partial charge < -0.3 is 11.5 Å². The minimum absolute atomic E-state index is 0.0887. The summed E-state index contributed by atoms with van der Waals surface area (Å²) in [5.74, 6) is 0.714. The summed E-state index contributed by atoms with van der Waals surface area (Å²) in [7, 11) is 0. The number of hydrogen-bond donors (Lipinski definition) is 2. The molecule has 2 nitrogen and oxygen atoms in total. The first-order valence-electron chi connectivity index (χ1n) is 4.56. The van der Waals surface area contributed by atoms with Crippen LogP contribution < -0.4 is 11.5 Å². The second kappa shape index (κ2) is 3.11. The van der Waals surface area contributed by atoms with Crippen LogP contribution in [0, 0.1) is 5.92 Å². The standard InChI is InChI=1S/C9H20N2/c1-7(10)8-3-5-9(2,11)6-4-8/h7-8H,3-6,10-11H2,1-2H3. The minimum Gasteiger partial charge on any atom is -0.328 e. The summed E-state index contributed by atoms with van der Waals surface area (Å²) in [4.78, 5) is 0. The minimum atomic E-state index is 0.0887. The van der Waals surface area contributed by atoms with Crippen LogP contribution in [0.2, 0.25) is 0 Å². The molecule has 1 unspecified atom stereocenters. The fourth-order valence-electron chi connectivity index (χ4n) is 1.83. The zero-order valence-corrected chi connectivity index (χ0v) is 7.64. The molecule has 1 aliphatic rings. The van der Waals surface area contributed by atoms with Crippen LogP contribution in [0.3, 0.4) is 0 Å². The molecule has 0 radical (unpaired) electrons. The summed E-state index contributed by atoms with van der Waals surface area (Å²) < 4.78 is 0. The molecule has 2 heteroatoms. The molecular weight excluding hydrogens is 136 g/mol. The topological polar surface area (TPSA) is 52.0 Å². The summed E-state index contributed by atoms with van der Waals surface area (Å²) in [5.41, 5.74) is 11.9. The van der Waals surface area contributed by atoms with Gasteiger partial charge in [-0.2, -0.15) is 0 Å². The average molecular weight is 156 g/mol. The number of rotatable bonds is 1. The maximum atomic E-state index is 6.00. The molecular formula is C9H20N2. The van der Waals surface area contributed by atoms with E-state index in [1.165, 1.54) is 12.8 Å². The first kappa shape index (κ1) is 9.01. The Bertz CT molecular complexity index is 120. The molecule has 66 valence electrons. The summed E-state index contributed by atoms with van der Waals surface area (Å²) >= 11 is 0. The lowest BCUT2D eigenvalue weighted by Gasteiger charge is -2.35. The van der Waals surface area contributed by atoms with Gasteiger partial charge in [0.05, 0.1) is 0 Å². The summed E-state index contributed by atoms with van der Waals surface area (Å²) in [6, 6.07) is 0.353. The van der Waals surface area contributed by atoms with Gasteiger partial charge in [-0.25, -0.2) is 0 Å². The van der Waals surface area contributed by atoms with Crippen LogP contribution in [-0.4, -0.2) is 11.6 Å². The number of hydrogen-bond acceptors (Lipinski definition) is 2. The smallest absolute Gasteiger partial charge is 0.0126 e. The Kier molecular flexibility index (Phi) is 2.55. The van der Waals surface area contributed by atoms with E-state index in [0.717, 1.165) is 12.8 Å². The second-order valence-corrected chi connectivity index (χ2v) is 4.35. The molecule has 0 aromatic rings. The van der Waals surface area contributed by atoms with Crippen molar-refractivity contribution in [2.75, 3.05) is 0 Å². The van der Waals surface area contributed by atoms with Crippen LogP contribution in [0.25, 0.3) is 0 Å². The third-order valence-electron chi connectivity index (χ3n) is 2.92. The van der Waals surface area contributed by atoms with Crippen molar-refractivity contribution < 1.29 is 0 Å². The molecule has 0 saturated heterocycles. The van der Waals surface area contributed by atoms with Crippen LogP contribution in [0.1, 0.15) is 39.5 Å². The molecule has 4 N–H and O–H groups in total. The Morgan fingerprint density at radius 1 is 1.36 bits per heavy atom. The van der Waals surface area contributed by atoms with Crippen molar-refractivity contribution >= 4 is 0 Å². The average Bonchev–Trinajstić information content (AvgIpc) is 1.86. The summed E-state index contributed by atoms with van der Waals surface area (Å²) in [6.45, 7) is 4.24. The quantitative estimate of drug-likeness (QED) is 0.600. The Hall–Kier alpha value is -0.0800. The Morgan fingerprint density at radius 2 is 1.82 bits per heavy atom. The fraction of sp³-hybridized carbons (Fsp3) is 1.00. The first-order chi connectivity index (χ1) is 5.01. The second-order valence-electron chi connectivity index (χ2n) is 4.35. The third kappa shape index (κ3) is 2.46. The lowest BCUT2D eigenvalue weighted by Crippen LogP contribution is -2.43. The van der Waals surface area contributed by atoms with Crippen molar-refractivity contribution in [1.82, 2.24) is 0 Å². The summed E-state index contributed by atoms with van der Waals surface area (Å²) in [5, 5.41) is 0. The van der Waals surface area contributed by atoms with Gasteiger partial charge in [-0.1, -0.05) is 0 Å². The van der Waals surface area contributed by atoms with Gasteiger partial charge in [-0.3, -0.25) is 0 Å². The lowest BCUT2D eigenvalue weighted by molar-refractivity contribution is 0.230. The molecule has 0 aliphatic heterocycles. The highest BCUT2D eigenvalue weighted by molar-refractivity contribution is 4.87. The number of nitrogens with two attached hydrogens (primary N) is 2. The van der Waals surface area contributed by atoms with E-state index in [0.29, 0.717) is 12.0 Å². The third-order valence-corrected chi connectivity index (χ3v) is 2.92. The fourth-order valence-corrected chi connectivity index (χ4v) is 1.83. The van der Waals surface area contributed by atoms with Crippen molar-refractivity contribution in [2.24, 2.45) is 17.4 Å². The molecule has 1 aliphatic carbocycles. The lowest BCUT2D eigenvalue weighted by atomic mass is 9.76. The van der Waals surface area contributed by atoms with Gasteiger partial charge in [0, 0.05) is 11.6 Å². The van der Waals surface area contributed by atoms with Gasteiger partial charge in [0.25, 0.3) is 0 Å². The van der Waals surface area contributed by atoms with E-state index in [2.05, 4.69) is 13.8 Å². The maximum absolute atomic E-state index is 6.00. The molecule has 0 aromatic heterocycles. The van der Waals surface area contributed by atoms with Crippen LogP contribution in [0.4, 0.5) is 0 Å². The van der Waals surface area contributed by atoms with E-state index in [1.54, 1.807) is 0 Å². The van der Waals surface area contributed by atoms with Gasteiger partial charge >= 0.3 is 0 Å². The first-order valence-corrected chi connectivity index (χ1v) is 4.56. The van der Waals surface area contributed by atoms with E-state index < -0.39 is 0 Å². The van der Waals surface area contributed by atoms with Gasteiger partial charge in [-0.15, -0.1) is 0 Å². The molecule has 11 heavy (non-hydrogen) atoms. The highest BCUT2D eigenvalue weighted by atomic mass is 14.7. The zero-order chi connectivity index (χ0) is 8.48. The SMILES string of the molecule is CC(N)C1CCC(C)(N)CC1. The van der Waals surface area contributed by atoms with Gasteiger partial charge in [0.15, 0.2) is 0 Å². The van der Waals surface area contributed by atoms with Crippen molar-refractivity contribution in [2.45, 2.75) is 51.1 Å². The van der Waals surface area contributed by atoms with Crippen LogP contribution in [0.5, 0.6) is 0 Å². The molecule has 1 rings (SSSR count). The van der Waals surface area contributed by atoms with Crippen molar-refractivity contribution in [3.63, 3.8) is 0 Å². The zero-order valence-electron chi connectivity index (χ0n) is 7.64. The molecule has 0 aromatic carbocycles. The molecule has 0 amide bonds. The van der Waals surface area contributed by atoms with Crippen molar-refractivity contribution in [3.8, 4) is 0 Å². The van der Waals surface area contributed by atoms with E-state index in [9.17, 15) is 0 Å². The predicted molar refractivity (Wildman–Crippen MR) is 48.2 cm³/mol. The Labute approximate surface area is 69.3 Å². The molecule has 0 bridgehead atoms. The van der Waals surface area contributed by atoms with Crippen LogP contribution in [-0.2, 0) is 0 Å². The Balaban J connectivity index is 2.36. The van der Waals surface area contributed by atoms with Crippen molar-refractivity contribution in [1.29, 1.82) is 0 Å². The highest BCUT2D eigenvalue weighted by Crippen LogP contribution is 2.31. The van der Waals surface area contributed by atoms with E-state index in [-0.39, 0.29) is 5.54 Å². The predicted octanol–water partition coefficient (Wildman–Crippen LogP) is 1.24. The molecule has 0 heterocycles. The van der Waals surface area contributed by atoms with Gasteiger partial charge in [0.1, 0.15) is 0 Å². The van der Waals surface area contributed by atoms with Gasteiger partial charge in [-0.05, 0) is 45.4 Å².